The van der Waals surface area contributed by atoms with Gasteiger partial charge in [-0.3, -0.25) is 9.36 Å². The Balaban J connectivity index is 2.47. The number of aromatic nitrogens is 2. The Bertz CT molecular complexity index is 347. The summed E-state index contributed by atoms with van der Waals surface area (Å²) in [6, 6.07) is 1.14. The molecule has 78 valence electrons. The van der Waals surface area contributed by atoms with Gasteiger partial charge in [0.1, 0.15) is 13.3 Å². The van der Waals surface area contributed by atoms with Gasteiger partial charge >= 0.3 is 6.18 Å². The Morgan fingerprint density at radius 1 is 1.50 bits per heavy atom. The van der Waals surface area contributed by atoms with Gasteiger partial charge in [0, 0.05) is 12.3 Å². The van der Waals surface area contributed by atoms with E-state index in [1.807, 2.05) is 0 Å². The van der Waals surface area contributed by atoms with E-state index in [0.29, 0.717) is 0 Å². The first kappa shape index (κ1) is 10.7. The van der Waals surface area contributed by atoms with E-state index in [4.69, 9.17) is 0 Å². The van der Waals surface area contributed by atoms with Gasteiger partial charge in [0.15, 0.2) is 0 Å². The molecule has 14 heavy (non-hydrogen) atoms. The number of nitrogens with zero attached hydrogens (tertiary/aromatic N) is 2. The highest BCUT2D eigenvalue weighted by Crippen LogP contribution is 2.14. The van der Waals surface area contributed by atoms with Crippen LogP contribution < -0.4 is 5.56 Å². The minimum atomic E-state index is -4.38. The van der Waals surface area contributed by atoms with Crippen LogP contribution in [0.25, 0.3) is 0 Å². The highest BCUT2D eigenvalue weighted by molar-refractivity contribution is 4.80. The van der Waals surface area contributed by atoms with E-state index in [2.05, 4.69) is 9.72 Å². The van der Waals surface area contributed by atoms with Crippen molar-refractivity contribution in [2.45, 2.75) is 12.9 Å². The van der Waals surface area contributed by atoms with E-state index in [0.717, 1.165) is 17.0 Å². The maximum absolute atomic E-state index is 11.6. The van der Waals surface area contributed by atoms with Gasteiger partial charge in [-0.05, 0) is 0 Å². The topological polar surface area (TPSA) is 44.1 Å². The fourth-order valence-electron chi connectivity index (χ4n) is 0.735. The summed E-state index contributed by atoms with van der Waals surface area (Å²) in [4.78, 5) is 14.5. The molecule has 0 aliphatic carbocycles. The number of alkyl halides is 3. The molecule has 0 aliphatic rings. The fraction of sp³-hybridized carbons (Fsp3) is 0.429. The molecule has 0 aromatic carbocycles. The molecule has 0 radical (unpaired) electrons. The molecule has 0 bridgehead atoms. The van der Waals surface area contributed by atoms with Crippen LogP contribution >= 0.6 is 0 Å². The maximum Gasteiger partial charge on any atom is 0.411 e. The number of hydrogen-bond acceptors (Lipinski definition) is 3. The first-order chi connectivity index (χ1) is 6.49. The first-order valence-electron chi connectivity index (χ1n) is 3.64. The fourth-order valence-corrected chi connectivity index (χ4v) is 0.735. The van der Waals surface area contributed by atoms with Gasteiger partial charge in [-0.25, -0.2) is 4.98 Å². The van der Waals surface area contributed by atoms with E-state index < -0.39 is 25.1 Å². The van der Waals surface area contributed by atoms with Crippen molar-refractivity contribution in [3.05, 3.63) is 28.9 Å². The Morgan fingerprint density at radius 2 is 2.21 bits per heavy atom. The van der Waals surface area contributed by atoms with Crippen molar-refractivity contribution in [1.82, 2.24) is 9.55 Å². The molecule has 1 heterocycles. The number of ether oxygens (including phenoxy) is 1. The molecule has 0 N–H and O–H groups in total. The lowest BCUT2D eigenvalue weighted by atomic mass is 10.6. The lowest BCUT2D eigenvalue weighted by Gasteiger charge is -2.08. The summed E-state index contributed by atoms with van der Waals surface area (Å²) < 4.78 is 40.1. The average Bonchev–Trinajstić information content (AvgIpc) is 2.06. The van der Waals surface area contributed by atoms with Crippen LogP contribution in [0.5, 0.6) is 0 Å². The maximum atomic E-state index is 11.6. The standard InChI is InChI=1S/C7H7F3N2O2/c8-7(9,10)3-14-5-12-4-11-2-1-6(12)13/h1-2,4H,3,5H2. The van der Waals surface area contributed by atoms with Gasteiger partial charge in [-0.15, -0.1) is 0 Å². The number of halogens is 3. The molecule has 4 nitrogen and oxygen atoms in total. The van der Waals surface area contributed by atoms with Gasteiger partial charge in [0.2, 0.25) is 0 Å². The van der Waals surface area contributed by atoms with Crippen LogP contribution in [-0.2, 0) is 11.5 Å². The molecular formula is C7H7F3N2O2. The van der Waals surface area contributed by atoms with E-state index >= 15 is 0 Å². The molecule has 0 spiro atoms. The van der Waals surface area contributed by atoms with Crippen LogP contribution in [0.3, 0.4) is 0 Å². The van der Waals surface area contributed by atoms with Crippen LogP contribution in [0.1, 0.15) is 0 Å². The minimum absolute atomic E-state index is 0.452. The lowest BCUT2D eigenvalue weighted by molar-refractivity contribution is -0.182. The highest BCUT2D eigenvalue weighted by Gasteiger charge is 2.27. The molecule has 0 amide bonds. The molecule has 0 unspecified atom stereocenters. The molecule has 0 fully saturated rings. The van der Waals surface area contributed by atoms with Crippen molar-refractivity contribution in [2.75, 3.05) is 6.61 Å². The average molecular weight is 208 g/mol. The zero-order valence-corrected chi connectivity index (χ0v) is 6.99. The van der Waals surface area contributed by atoms with Crippen LogP contribution in [-0.4, -0.2) is 22.3 Å². The monoisotopic (exact) mass is 208 g/mol. The summed E-state index contributed by atoms with van der Waals surface area (Å²) in [7, 11) is 0. The molecule has 0 saturated carbocycles. The molecule has 7 heteroatoms. The third-order valence-corrected chi connectivity index (χ3v) is 1.29. The Morgan fingerprint density at radius 3 is 2.79 bits per heavy atom. The third-order valence-electron chi connectivity index (χ3n) is 1.29. The molecule has 0 aliphatic heterocycles. The van der Waals surface area contributed by atoms with Crippen LogP contribution in [0, 0.1) is 0 Å². The third kappa shape index (κ3) is 3.56. The van der Waals surface area contributed by atoms with E-state index in [1.165, 1.54) is 6.20 Å². The first-order valence-corrected chi connectivity index (χ1v) is 3.64. The molecule has 1 rings (SSSR count). The second kappa shape index (κ2) is 4.23. The smallest absolute Gasteiger partial charge is 0.351 e. The van der Waals surface area contributed by atoms with Crippen molar-refractivity contribution in [3.8, 4) is 0 Å². The second-order valence-electron chi connectivity index (χ2n) is 2.48. The normalized spacial score (nSPS) is 11.6. The minimum Gasteiger partial charge on any atom is -0.351 e. The Kier molecular flexibility index (Phi) is 3.23. The second-order valence-corrected chi connectivity index (χ2v) is 2.48. The Labute approximate surface area is 76.9 Å². The molecular weight excluding hydrogens is 201 g/mol. The molecule has 1 aromatic heterocycles. The van der Waals surface area contributed by atoms with Crippen LogP contribution in [0.2, 0.25) is 0 Å². The van der Waals surface area contributed by atoms with E-state index in [9.17, 15) is 18.0 Å². The largest absolute Gasteiger partial charge is 0.411 e. The van der Waals surface area contributed by atoms with Crippen molar-refractivity contribution in [1.29, 1.82) is 0 Å². The van der Waals surface area contributed by atoms with Gasteiger partial charge in [0.05, 0.1) is 6.33 Å². The Hall–Kier alpha value is -1.37. The van der Waals surface area contributed by atoms with Crippen molar-refractivity contribution >= 4 is 0 Å². The summed E-state index contributed by atoms with van der Waals surface area (Å²) in [5.41, 5.74) is -0.456. The molecule has 1 aromatic rings. The van der Waals surface area contributed by atoms with E-state index in [-0.39, 0.29) is 0 Å². The van der Waals surface area contributed by atoms with Crippen molar-refractivity contribution in [2.24, 2.45) is 0 Å². The molecule has 0 saturated heterocycles. The SMILES string of the molecule is O=c1ccncn1COCC(F)(F)F. The van der Waals surface area contributed by atoms with Gasteiger partial charge in [-0.1, -0.05) is 0 Å². The lowest BCUT2D eigenvalue weighted by Crippen LogP contribution is -2.24. The van der Waals surface area contributed by atoms with Crippen LogP contribution in [0.15, 0.2) is 23.4 Å². The summed E-state index contributed by atoms with van der Waals surface area (Å²) in [5, 5.41) is 0. The number of rotatable bonds is 3. The predicted molar refractivity (Wildman–Crippen MR) is 40.5 cm³/mol. The zero-order valence-electron chi connectivity index (χ0n) is 6.99. The van der Waals surface area contributed by atoms with Crippen LogP contribution in [0.4, 0.5) is 13.2 Å². The van der Waals surface area contributed by atoms with Gasteiger partial charge in [0.25, 0.3) is 5.56 Å². The van der Waals surface area contributed by atoms with E-state index in [1.54, 1.807) is 0 Å². The summed E-state index contributed by atoms with van der Waals surface area (Å²) in [5.74, 6) is 0. The van der Waals surface area contributed by atoms with Crippen molar-refractivity contribution in [3.63, 3.8) is 0 Å². The zero-order chi connectivity index (χ0) is 10.6. The number of hydrogen-bond donors (Lipinski definition) is 0. The van der Waals surface area contributed by atoms with Gasteiger partial charge in [-0.2, -0.15) is 13.2 Å². The predicted octanol–water partition coefficient (Wildman–Crippen LogP) is 0.780. The van der Waals surface area contributed by atoms with Gasteiger partial charge < -0.3 is 4.74 Å². The molecule has 0 atom stereocenters. The quantitative estimate of drug-likeness (QED) is 0.737. The summed E-state index contributed by atoms with van der Waals surface area (Å²) in [6.45, 7) is -1.83. The summed E-state index contributed by atoms with van der Waals surface area (Å²) >= 11 is 0. The van der Waals surface area contributed by atoms with Crippen molar-refractivity contribution < 1.29 is 17.9 Å². The summed E-state index contributed by atoms with van der Waals surface area (Å²) in [6.07, 6.45) is -2.02. The highest BCUT2D eigenvalue weighted by atomic mass is 19.4.